The molecule has 11 nitrogen and oxygen atoms in total. The van der Waals surface area contributed by atoms with E-state index in [1.54, 1.807) is 0 Å². The highest BCUT2D eigenvalue weighted by Gasteiger charge is 2.68. The number of aliphatic hydroxyl groups is 4. The lowest BCUT2D eigenvalue weighted by molar-refractivity contribution is -0.169. The number of amides is 1. The highest BCUT2D eigenvalue weighted by molar-refractivity contribution is 6.24. The van der Waals surface area contributed by atoms with Crippen molar-refractivity contribution in [3.8, 4) is 16.9 Å². The number of carbonyl (C=O) groups is 3. The Kier molecular flexibility index (Phi) is 7.20. The number of hydrogen-bond donors (Lipinski definition) is 7. The van der Waals surface area contributed by atoms with E-state index in [0.717, 1.165) is 12.1 Å². The van der Waals surface area contributed by atoms with Crippen molar-refractivity contribution in [1.29, 1.82) is 0 Å². The average Bonchev–Trinajstić information content (AvgIpc) is 2.94. The maximum Gasteiger partial charge on any atom is 0.416 e. The van der Waals surface area contributed by atoms with Gasteiger partial charge in [-0.1, -0.05) is 19.1 Å². The van der Waals surface area contributed by atoms with Gasteiger partial charge in [0.2, 0.25) is 5.78 Å². The Hall–Kier alpha value is -4.24. The van der Waals surface area contributed by atoms with Crippen LogP contribution in [-0.2, 0) is 27.1 Å². The lowest BCUT2D eigenvalue weighted by Gasteiger charge is -2.54. The second-order valence-electron chi connectivity index (χ2n) is 11.5. The molecule has 0 aromatic heterocycles. The molecule has 1 unspecified atom stereocenters. The summed E-state index contributed by atoms with van der Waals surface area (Å²) in [6.07, 6.45) is -6.45. The number of nitrogens with zero attached hydrogens (tertiary/aromatic N) is 1. The number of fused-ring (bicyclic) bond motifs is 3. The number of phenols is 1. The summed E-state index contributed by atoms with van der Waals surface area (Å²) in [5.41, 5.74) is 5.91. The largest absolute Gasteiger partial charge is 0.508 e. The first kappa shape index (κ1) is 31.2. The molecule has 0 aliphatic heterocycles. The fourth-order valence-electron chi connectivity index (χ4n) is 7.06. The molecule has 0 radical (unpaired) electrons. The topological polar surface area (TPSA) is 208 Å². The van der Waals surface area contributed by atoms with Crippen molar-refractivity contribution in [2.75, 3.05) is 14.1 Å². The first-order valence-electron chi connectivity index (χ1n) is 13.5. The van der Waals surface area contributed by atoms with E-state index < -0.39 is 93.1 Å². The molecule has 5 rings (SSSR count). The number of halogens is 3. The van der Waals surface area contributed by atoms with Crippen LogP contribution in [0.3, 0.4) is 0 Å². The molecule has 9 N–H and O–H groups in total. The second kappa shape index (κ2) is 10.2. The average molecular weight is 618 g/mol. The van der Waals surface area contributed by atoms with Crippen molar-refractivity contribution in [3.63, 3.8) is 0 Å². The number of Topliss-reactive ketones (excluding diaryl/α,β-unsaturated/α-hetero) is 2. The van der Waals surface area contributed by atoms with Gasteiger partial charge in [-0.05, 0) is 54.9 Å². The highest BCUT2D eigenvalue weighted by Crippen LogP contribution is 2.58. The first-order valence-corrected chi connectivity index (χ1v) is 13.5. The first-order chi connectivity index (χ1) is 20.4. The van der Waals surface area contributed by atoms with E-state index in [4.69, 9.17) is 11.5 Å². The van der Waals surface area contributed by atoms with E-state index in [1.807, 2.05) is 0 Å². The molecule has 3 aliphatic rings. The van der Waals surface area contributed by atoms with Crippen LogP contribution in [0.4, 0.5) is 13.2 Å². The molecule has 1 amide bonds. The SMILES string of the molecule is CC1c2c(-c3ccc(C(F)(F)F)cc3)cc(CN)c(O)c2C(O)=C2C(=O)[C@]3(O)C(O)=C(C(N)=O)C(=O)[C@@H](N(C)C)[C@@H]3[C@@H](O)[C@@H]21. The predicted octanol–water partition coefficient (Wildman–Crippen LogP) is 1.64. The number of ketones is 2. The predicted molar refractivity (Wildman–Crippen MR) is 149 cm³/mol. The maximum absolute atomic E-state index is 14.2. The summed E-state index contributed by atoms with van der Waals surface area (Å²) in [6, 6.07) is 3.99. The van der Waals surface area contributed by atoms with Gasteiger partial charge >= 0.3 is 6.18 Å². The van der Waals surface area contributed by atoms with Crippen LogP contribution in [0.25, 0.3) is 16.9 Å². The zero-order chi connectivity index (χ0) is 32.8. The zero-order valence-electron chi connectivity index (χ0n) is 23.7. The third-order valence-corrected chi connectivity index (χ3v) is 9.05. The Bertz CT molecular complexity index is 1680. The molecule has 2 aromatic rings. The van der Waals surface area contributed by atoms with Gasteiger partial charge in [0, 0.05) is 23.6 Å². The summed E-state index contributed by atoms with van der Waals surface area (Å²) in [5.74, 6) is -10.7. The molecule has 0 bridgehead atoms. The van der Waals surface area contributed by atoms with Crippen LogP contribution in [0.15, 0.2) is 47.2 Å². The molecule has 14 heteroatoms. The van der Waals surface area contributed by atoms with E-state index in [1.165, 1.54) is 44.1 Å². The Morgan fingerprint density at radius 3 is 2.18 bits per heavy atom. The monoisotopic (exact) mass is 617 g/mol. The number of aromatic hydroxyl groups is 1. The van der Waals surface area contributed by atoms with Crippen molar-refractivity contribution < 1.29 is 53.1 Å². The van der Waals surface area contributed by atoms with Gasteiger partial charge in [-0.25, -0.2) is 0 Å². The molecule has 2 aromatic carbocycles. The lowest BCUT2D eigenvalue weighted by Crippen LogP contribution is -2.70. The fourth-order valence-corrected chi connectivity index (χ4v) is 7.06. The number of phenolic OH excluding ortho intramolecular Hbond substituents is 1. The van der Waals surface area contributed by atoms with Gasteiger partial charge in [0.25, 0.3) is 5.91 Å². The van der Waals surface area contributed by atoms with Crippen LogP contribution in [0.5, 0.6) is 5.75 Å². The Morgan fingerprint density at radius 1 is 1.09 bits per heavy atom. The third kappa shape index (κ3) is 4.09. The van der Waals surface area contributed by atoms with Gasteiger partial charge in [-0.2, -0.15) is 13.2 Å². The van der Waals surface area contributed by atoms with Gasteiger partial charge in [-0.15, -0.1) is 0 Å². The third-order valence-electron chi connectivity index (χ3n) is 9.05. The Balaban J connectivity index is 1.82. The smallest absolute Gasteiger partial charge is 0.416 e. The van der Waals surface area contributed by atoms with E-state index in [-0.39, 0.29) is 34.4 Å². The van der Waals surface area contributed by atoms with Crippen molar-refractivity contribution in [2.24, 2.45) is 23.3 Å². The van der Waals surface area contributed by atoms with Crippen LogP contribution in [-0.4, -0.2) is 79.7 Å². The standard InChI is InChI=1S/C30H30F3N3O8/c1-10-15-14(11-4-6-13(7-5-11)30(31,32)33)8-12(9-34)22(37)17(15)23(38)18-16(10)24(39)20-21(36(2)3)25(40)19(28(35)43)27(42)29(20,44)26(18)41/h4-8,10,16,20-21,24,37-39,42,44H,9,34H2,1-3H3,(H2,35,43)/t10?,16-,20-,21+,24+,29+/m1/s1. The van der Waals surface area contributed by atoms with Crippen LogP contribution in [0, 0.1) is 11.8 Å². The molecule has 6 atom stereocenters. The molecule has 0 spiro atoms. The molecule has 0 heterocycles. The molecular weight excluding hydrogens is 587 g/mol. The van der Waals surface area contributed by atoms with Crippen LogP contribution < -0.4 is 11.5 Å². The normalized spacial score (nSPS) is 28.6. The number of rotatable bonds is 4. The minimum atomic E-state index is -4.61. The van der Waals surface area contributed by atoms with Crippen LogP contribution >= 0.6 is 0 Å². The van der Waals surface area contributed by atoms with Crippen molar-refractivity contribution in [3.05, 3.63) is 69.5 Å². The summed E-state index contributed by atoms with van der Waals surface area (Å²) in [5, 5.41) is 57.4. The molecule has 0 saturated heterocycles. The van der Waals surface area contributed by atoms with E-state index in [2.05, 4.69) is 0 Å². The molecule has 1 saturated carbocycles. The number of carbonyl (C=O) groups excluding carboxylic acids is 3. The number of likely N-dealkylation sites (N-methyl/N-ethyl adjacent to an activating group) is 1. The van der Waals surface area contributed by atoms with Crippen LogP contribution in [0.1, 0.15) is 35.1 Å². The molecular formula is C30H30F3N3O8. The van der Waals surface area contributed by atoms with Gasteiger partial charge in [0.1, 0.15) is 22.8 Å². The minimum Gasteiger partial charge on any atom is -0.508 e. The fraction of sp³-hybridized carbons (Fsp3) is 0.367. The zero-order valence-corrected chi connectivity index (χ0v) is 23.7. The van der Waals surface area contributed by atoms with Crippen molar-refractivity contribution >= 4 is 23.2 Å². The highest BCUT2D eigenvalue weighted by atomic mass is 19.4. The second-order valence-corrected chi connectivity index (χ2v) is 11.5. The molecule has 44 heavy (non-hydrogen) atoms. The lowest BCUT2D eigenvalue weighted by atomic mass is 9.54. The summed E-state index contributed by atoms with van der Waals surface area (Å²) in [4.78, 5) is 40.9. The van der Waals surface area contributed by atoms with E-state index in [0.29, 0.717) is 0 Å². The number of hydrogen-bond acceptors (Lipinski definition) is 10. The van der Waals surface area contributed by atoms with Gasteiger partial charge in [-0.3, -0.25) is 19.3 Å². The summed E-state index contributed by atoms with van der Waals surface area (Å²) < 4.78 is 39.8. The summed E-state index contributed by atoms with van der Waals surface area (Å²) in [7, 11) is 2.78. The number of primary amides is 1. The quantitative estimate of drug-likeness (QED) is 0.247. The van der Waals surface area contributed by atoms with Gasteiger partial charge in [0.15, 0.2) is 11.4 Å². The van der Waals surface area contributed by atoms with Crippen LogP contribution in [0.2, 0.25) is 0 Å². The van der Waals surface area contributed by atoms with Crippen molar-refractivity contribution in [1.82, 2.24) is 4.90 Å². The Morgan fingerprint density at radius 2 is 1.68 bits per heavy atom. The number of benzene rings is 2. The number of nitrogens with two attached hydrogens (primary N) is 2. The number of aliphatic hydroxyl groups excluding tert-OH is 3. The van der Waals surface area contributed by atoms with Gasteiger partial charge < -0.3 is 37.0 Å². The molecule has 234 valence electrons. The van der Waals surface area contributed by atoms with Gasteiger partial charge in [0.05, 0.1) is 29.2 Å². The Labute approximate surface area is 248 Å². The molecule has 1 fully saturated rings. The molecule has 3 aliphatic carbocycles. The van der Waals surface area contributed by atoms with E-state index in [9.17, 15) is 53.1 Å². The summed E-state index contributed by atoms with van der Waals surface area (Å²) >= 11 is 0. The minimum absolute atomic E-state index is 0.0616. The van der Waals surface area contributed by atoms with E-state index >= 15 is 0 Å². The number of alkyl halides is 3. The van der Waals surface area contributed by atoms with Crippen molar-refractivity contribution in [2.45, 2.75) is 43.3 Å². The maximum atomic E-state index is 14.2. The summed E-state index contributed by atoms with van der Waals surface area (Å²) in [6.45, 7) is 1.25.